The van der Waals surface area contributed by atoms with Gasteiger partial charge in [-0.3, -0.25) is 0 Å². The molecule has 0 aromatic rings. The molecule has 0 bridgehead atoms. The summed E-state index contributed by atoms with van der Waals surface area (Å²) in [6.07, 6.45) is -3.05. The lowest BCUT2D eigenvalue weighted by Gasteiger charge is -2.49. The van der Waals surface area contributed by atoms with Gasteiger partial charge in [0.05, 0.1) is 25.2 Å². The smallest absolute Gasteiger partial charge is 0.215 e. The van der Waals surface area contributed by atoms with Gasteiger partial charge in [0.1, 0.15) is 35.8 Å². The Morgan fingerprint density at radius 2 is 1.85 bits per heavy atom. The second kappa shape index (κ2) is 11.2. The first kappa shape index (κ1) is 26.7. The molecule has 1 aliphatic carbocycles. The second-order valence-electron chi connectivity index (χ2n) is 9.31. The lowest BCUT2D eigenvalue weighted by molar-refractivity contribution is -0.304. The number of aliphatic hydroxyl groups is 3. The molecule has 2 fully saturated rings. The van der Waals surface area contributed by atoms with E-state index in [4.69, 9.17) is 36.1 Å². The molecule has 33 heavy (non-hydrogen) atoms. The van der Waals surface area contributed by atoms with Crippen molar-refractivity contribution in [1.82, 2.24) is 10.6 Å². The molecule has 3 aliphatic rings. The maximum absolute atomic E-state index is 11.3. The molecule has 2 heterocycles. The summed E-state index contributed by atoms with van der Waals surface area (Å²) in [6, 6.07) is -1.95. The van der Waals surface area contributed by atoms with E-state index in [1.807, 2.05) is 13.0 Å². The van der Waals surface area contributed by atoms with Gasteiger partial charge in [-0.15, -0.1) is 0 Å². The van der Waals surface area contributed by atoms with Crippen molar-refractivity contribution in [2.75, 3.05) is 26.7 Å². The molecule has 0 amide bonds. The van der Waals surface area contributed by atoms with Crippen LogP contribution in [0.25, 0.3) is 0 Å². The van der Waals surface area contributed by atoms with E-state index in [0.29, 0.717) is 25.1 Å². The maximum Gasteiger partial charge on any atom is 0.215 e. The van der Waals surface area contributed by atoms with Gasteiger partial charge >= 0.3 is 0 Å². The molecule has 0 aromatic heterocycles. The molecule has 3 rings (SSSR count). The van der Waals surface area contributed by atoms with Crippen molar-refractivity contribution in [2.24, 2.45) is 17.2 Å². The van der Waals surface area contributed by atoms with Gasteiger partial charge in [0.25, 0.3) is 0 Å². The largest absolute Gasteiger partial charge is 0.467 e. The zero-order valence-electron chi connectivity index (χ0n) is 19.6. The van der Waals surface area contributed by atoms with Crippen LogP contribution in [0.2, 0.25) is 0 Å². The van der Waals surface area contributed by atoms with Crippen molar-refractivity contribution >= 4 is 0 Å². The third kappa shape index (κ3) is 5.85. The molecule has 0 spiro atoms. The third-order valence-electron chi connectivity index (χ3n) is 6.64. The zero-order chi connectivity index (χ0) is 24.3. The van der Waals surface area contributed by atoms with Crippen LogP contribution in [-0.2, 0) is 18.9 Å². The van der Waals surface area contributed by atoms with Crippen LogP contribution in [0, 0.1) is 0 Å². The Hall–Kier alpha value is -0.900. The standard InChI is InChI=1S/C21H41N5O7/c1-4-26-13-7-12(24)16(32-19-11(23)6-5-10(8-22)31-19)14(27)17(13)33-20-15(28)18(25-3)21(2,29)9-30-20/h5,11-20,25-29H,4,6-9,22-24H2,1-3H3/t11-,12-,13-,14-,15-,16+,17+,18+,19-,20-,21-/m1/s1. The van der Waals surface area contributed by atoms with E-state index in [9.17, 15) is 15.3 Å². The molecular formula is C21H41N5O7. The normalized spacial score (nSPS) is 46.5. The van der Waals surface area contributed by atoms with E-state index in [1.54, 1.807) is 14.0 Å². The van der Waals surface area contributed by atoms with E-state index in [1.165, 1.54) is 0 Å². The second-order valence-corrected chi connectivity index (χ2v) is 9.31. The Labute approximate surface area is 194 Å². The summed E-state index contributed by atoms with van der Waals surface area (Å²) in [4.78, 5) is 0. The monoisotopic (exact) mass is 475 g/mol. The molecule has 11 N–H and O–H groups in total. The molecule has 1 saturated heterocycles. The van der Waals surface area contributed by atoms with Crippen LogP contribution >= 0.6 is 0 Å². The van der Waals surface area contributed by atoms with Crippen molar-refractivity contribution in [2.45, 2.75) is 93.5 Å². The van der Waals surface area contributed by atoms with Crippen molar-refractivity contribution in [3.05, 3.63) is 11.8 Å². The lowest BCUT2D eigenvalue weighted by atomic mass is 9.83. The molecule has 192 valence electrons. The molecule has 0 aromatic carbocycles. The molecule has 12 nitrogen and oxygen atoms in total. The minimum atomic E-state index is -1.28. The van der Waals surface area contributed by atoms with Gasteiger partial charge in [0, 0.05) is 12.1 Å². The van der Waals surface area contributed by atoms with Gasteiger partial charge in [-0.1, -0.05) is 6.92 Å². The summed E-state index contributed by atoms with van der Waals surface area (Å²) in [6.45, 7) is 4.30. The highest BCUT2D eigenvalue weighted by molar-refractivity contribution is 5.05. The van der Waals surface area contributed by atoms with Gasteiger partial charge < -0.3 is 62.1 Å². The number of nitrogens with two attached hydrogens (primary N) is 3. The number of ether oxygens (including phenoxy) is 4. The van der Waals surface area contributed by atoms with Crippen LogP contribution in [0.3, 0.4) is 0 Å². The van der Waals surface area contributed by atoms with Crippen LogP contribution in [0.5, 0.6) is 0 Å². The summed E-state index contributed by atoms with van der Waals surface area (Å²) < 4.78 is 23.6. The number of aliphatic hydroxyl groups excluding tert-OH is 2. The Bertz CT molecular complexity index is 669. The molecule has 12 heteroatoms. The van der Waals surface area contributed by atoms with Crippen molar-refractivity contribution in [1.29, 1.82) is 0 Å². The van der Waals surface area contributed by atoms with Gasteiger partial charge in [-0.05, 0) is 39.4 Å². The van der Waals surface area contributed by atoms with Crippen LogP contribution in [-0.4, -0.2) is 109 Å². The Kier molecular flexibility index (Phi) is 9.08. The van der Waals surface area contributed by atoms with Gasteiger partial charge in [-0.2, -0.15) is 0 Å². The maximum atomic E-state index is 11.3. The first-order valence-electron chi connectivity index (χ1n) is 11.6. The molecule has 0 radical (unpaired) electrons. The van der Waals surface area contributed by atoms with Crippen molar-refractivity contribution in [3.63, 3.8) is 0 Å². The van der Waals surface area contributed by atoms with Gasteiger partial charge in [0.15, 0.2) is 6.29 Å². The van der Waals surface area contributed by atoms with Crippen LogP contribution in [0.15, 0.2) is 11.8 Å². The molecular weight excluding hydrogens is 434 g/mol. The number of hydrogen-bond acceptors (Lipinski definition) is 12. The third-order valence-corrected chi connectivity index (χ3v) is 6.64. The lowest BCUT2D eigenvalue weighted by Crippen LogP contribution is -2.69. The number of likely N-dealkylation sites (N-methyl/N-ethyl adjacent to an activating group) is 2. The molecule has 2 aliphatic heterocycles. The summed E-state index contributed by atoms with van der Waals surface area (Å²) in [5.74, 6) is 0.572. The number of nitrogens with one attached hydrogen (secondary N) is 2. The van der Waals surface area contributed by atoms with Crippen LogP contribution < -0.4 is 27.8 Å². The van der Waals surface area contributed by atoms with Gasteiger partial charge in [-0.25, -0.2) is 0 Å². The Morgan fingerprint density at radius 3 is 2.48 bits per heavy atom. The molecule has 0 unspecified atom stereocenters. The fourth-order valence-corrected chi connectivity index (χ4v) is 4.86. The first-order chi connectivity index (χ1) is 15.6. The quantitative estimate of drug-likeness (QED) is 0.175. The topological polar surface area (TPSA) is 200 Å². The summed E-state index contributed by atoms with van der Waals surface area (Å²) in [5.41, 5.74) is 16.9. The van der Waals surface area contributed by atoms with E-state index >= 15 is 0 Å². The predicted octanol–water partition coefficient (Wildman–Crippen LogP) is -3.20. The number of rotatable bonds is 8. The van der Waals surface area contributed by atoms with Crippen LogP contribution in [0.1, 0.15) is 26.7 Å². The predicted molar refractivity (Wildman–Crippen MR) is 120 cm³/mol. The summed E-state index contributed by atoms with van der Waals surface area (Å²) in [7, 11) is 1.64. The Balaban J connectivity index is 1.75. The SMILES string of the molecule is CCN[C@@H]1C[C@@H](N)[C@H](O[C@H]2OC(CN)=CC[C@H]2N)[C@@H](O)[C@H]1O[C@H]1OC[C@@](C)(O)[C@@H](NC)[C@H]1O. The summed E-state index contributed by atoms with van der Waals surface area (Å²) in [5, 5.41) is 38.8. The van der Waals surface area contributed by atoms with E-state index < -0.39 is 60.7 Å². The fourth-order valence-electron chi connectivity index (χ4n) is 4.86. The van der Waals surface area contributed by atoms with Gasteiger partial charge in [0.2, 0.25) is 6.29 Å². The highest BCUT2D eigenvalue weighted by Gasteiger charge is 2.51. The minimum absolute atomic E-state index is 0.0483. The molecule has 1 saturated carbocycles. The van der Waals surface area contributed by atoms with E-state index in [0.717, 1.165) is 0 Å². The number of hydrogen-bond donors (Lipinski definition) is 8. The fraction of sp³-hybridized carbons (Fsp3) is 0.905. The molecule has 11 atom stereocenters. The average Bonchev–Trinajstić information content (AvgIpc) is 2.76. The van der Waals surface area contributed by atoms with Crippen molar-refractivity contribution in [3.8, 4) is 0 Å². The van der Waals surface area contributed by atoms with E-state index in [2.05, 4.69) is 10.6 Å². The Morgan fingerprint density at radius 1 is 1.15 bits per heavy atom. The first-order valence-corrected chi connectivity index (χ1v) is 11.6. The summed E-state index contributed by atoms with van der Waals surface area (Å²) >= 11 is 0. The average molecular weight is 476 g/mol. The van der Waals surface area contributed by atoms with Crippen molar-refractivity contribution < 1.29 is 34.3 Å². The highest BCUT2D eigenvalue weighted by Crippen LogP contribution is 2.31. The van der Waals surface area contributed by atoms with E-state index in [-0.39, 0.29) is 19.2 Å². The minimum Gasteiger partial charge on any atom is -0.467 e. The van der Waals surface area contributed by atoms with Crippen LogP contribution in [0.4, 0.5) is 0 Å². The zero-order valence-corrected chi connectivity index (χ0v) is 19.6. The highest BCUT2D eigenvalue weighted by atomic mass is 16.7.